The minimum atomic E-state index is -0.168. The molecule has 0 fully saturated rings. The highest BCUT2D eigenvalue weighted by molar-refractivity contribution is 5.94. The lowest BCUT2D eigenvalue weighted by molar-refractivity contribution is 0.0955. The summed E-state index contributed by atoms with van der Waals surface area (Å²) in [6, 6.07) is 14.0. The molecular formula is C18H21N7O2. The molecule has 27 heavy (non-hydrogen) atoms. The van der Waals surface area contributed by atoms with Crippen LogP contribution in [0.25, 0.3) is 10.4 Å². The first-order valence-corrected chi connectivity index (χ1v) is 8.46. The summed E-state index contributed by atoms with van der Waals surface area (Å²) in [4.78, 5) is 14.5. The van der Waals surface area contributed by atoms with E-state index in [9.17, 15) is 4.79 Å². The molecule has 0 radical (unpaired) electrons. The van der Waals surface area contributed by atoms with Gasteiger partial charge in [0.15, 0.2) is 0 Å². The smallest absolute Gasteiger partial charge is 0.251 e. The molecule has 1 amide bonds. The summed E-state index contributed by atoms with van der Waals surface area (Å²) in [5.41, 5.74) is 15.4. The zero-order chi connectivity index (χ0) is 19.3. The van der Waals surface area contributed by atoms with E-state index < -0.39 is 0 Å². The van der Waals surface area contributed by atoms with Crippen LogP contribution in [0.3, 0.4) is 0 Å². The molecule has 0 atom stereocenters. The molecule has 0 aliphatic rings. The standard InChI is InChI=1S/C18H21N7O2/c19-10-12-21-18(26)14-2-4-15(5-3-14)23-24-16-6-8-17(9-7-16)27-13-1-11-22-25-20/h2-9H,1,10-13,19H2,(H,21,26). The van der Waals surface area contributed by atoms with E-state index in [1.165, 1.54) is 0 Å². The second kappa shape index (κ2) is 11.2. The Morgan fingerprint density at radius 1 is 1.07 bits per heavy atom. The molecule has 0 unspecified atom stereocenters. The number of amides is 1. The van der Waals surface area contributed by atoms with Crippen LogP contribution in [0.5, 0.6) is 5.75 Å². The van der Waals surface area contributed by atoms with Crippen molar-refractivity contribution in [2.75, 3.05) is 26.2 Å². The number of azide groups is 1. The summed E-state index contributed by atoms with van der Waals surface area (Å²) >= 11 is 0. The van der Waals surface area contributed by atoms with Crippen molar-refractivity contribution in [1.29, 1.82) is 0 Å². The highest BCUT2D eigenvalue weighted by Gasteiger charge is 2.03. The lowest BCUT2D eigenvalue weighted by Crippen LogP contribution is -2.28. The zero-order valence-corrected chi connectivity index (χ0v) is 14.8. The van der Waals surface area contributed by atoms with Gasteiger partial charge in [-0.1, -0.05) is 5.11 Å². The fraction of sp³-hybridized carbons (Fsp3) is 0.278. The number of ether oxygens (including phenoxy) is 1. The summed E-state index contributed by atoms with van der Waals surface area (Å²) in [5.74, 6) is 0.543. The summed E-state index contributed by atoms with van der Waals surface area (Å²) in [6.45, 7) is 1.73. The molecule has 3 N–H and O–H groups in total. The second-order valence-corrected chi connectivity index (χ2v) is 5.44. The average Bonchev–Trinajstić information content (AvgIpc) is 2.71. The van der Waals surface area contributed by atoms with Crippen molar-refractivity contribution in [1.82, 2.24) is 5.32 Å². The number of carbonyl (C=O) groups is 1. The summed E-state index contributed by atoms with van der Waals surface area (Å²) in [6.07, 6.45) is 0.658. The minimum absolute atomic E-state index is 0.168. The van der Waals surface area contributed by atoms with Crippen LogP contribution >= 0.6 is 0 Å². The molecule has 0 heterocycles. The number of hydrogen-bond acceptors (Lipinski definition) is 6. The third kappa shape index (κ3) is 7.15. The summed E-state index contributed by atoms with van der Waals surface area (Å²) in [5, 5.41) is 14.5. The number of azo groups is 1. The lowest BCUT2D eigenvalue weighted by atomic mass is 10.2. The molecule has 0 saturated carbocycles. The fourth-order valence-corrected chi connectivity index (χ4v) is 2.06. The Balaban J connectivity index is 1.86. The molecule has 0 bridgehead atoms. The number of nitrogens with zero attached hydrogens (tertiary/aromatic N) is 5. The Labute approximate surface area is 156 Å². The van der Waals surface area contributed by atoms with Crippen LogP contribution in [0.4, 0.5) is 11.4 Å². The predicted molar refractivity (Wildman–Crippen MR) is 103 cm³/mol. The molecular weight excluding hydrogens is 346 g/mol. The Bertz CT molecular complexity index is 797. The first-order valence-electron chi connectivity index (χ1n) is 8.46. The van der Waals surface area contributed by atoms with Gasteiger partial charge in [0.1, 0.15) is 5.75 Å². The van der Waals surface area contributed by atoms with Crippen molar-refractivity contribution in [3.63, 3.8) is 0 Å². The van der Waals surface area contributed by atoms with Crippen LogP contribution in [0.2, 0.25) is 0 Å². The molecule has 140 valence electrons. The SMILES string of the molecule is [N-]=[N+]=NCCCOc1ccc(N=Nc2ccc(C(=O)NCCN)cc2)cc1. The van der Waals surface area contributed by atoms with Crippen LogP contribution in [0, 0.1) is 0 Å². The van der Waals surface area contributed by atoms with Crippen LogP contribution in [0.1, 0.15) is 16.8 Å². The number of benzene rings is 2. The van der Waals surface area contributed by atoms with Gasteiger partial charge < -0.3 is 15.8 Å². The van der Waals surface area contributed by atoms with E-state index >= 15 is 0 Å². The molecule has 2 rings (SSSR count). The van der Waals surface area contributed by atoms with Gasteiger partial charge in [-0.3, -0.25) is 4.79 Å². The van der Waals surface area contributed by atoms with Gasteiger partial charge >= 0.3 is 0 Å². The van der Waals surface area contributed by atoms with Gasteiger partial charge in [0, 0.05) is 30.1 Å². The molecule has 0 spiro atoms. The van der Waals surface area contributed by atoms with Gasteiger partial charge in [0.05, 0.1) is 18.0 Å². The van der Waals surface area contributed by atoms with Crippen molar-refractivity contribution in [2.45, 2.75) is 6.42 Å². The van der Waals surface area contributed by atoms with Gasteiger partial charge in [-0.25, -0.2) is 0 Å². The fourth-order valence-electron chi connectivity index (χ4n) is 2.06. The number of hydrogen-bond donors (Lipinski definition) is 2. The van der Waals surface area contributed by atoms with Gasteiger partial charge in [-0.2, -0.15) is 10.2 Å². The molecule has 9 heteroatoms. The van der Waals surface area contributed by atoms with Crippen LogP contribution < -0.4 is 15.8 Å². The van der Waals surface area contributed by atoms with Gasteiger partial charge in [-0.15, -0.1) is 0 Å². The monoisotopic (exact) mass is 367 g/mol. The van der Waals surface area contributed by atoms with Gasteiger partial charge in [-0.05, 0) is 60.5 Å². The molecule has 0 saturated heterocycles. The van der Waals surface area contributed by atoms with Crippen LogP contribution in [-0.2, 0) is 0 Å². The highest BCUT2D eigenvalue weighted by Crippen LogP contribution is 2.21. The number of nitrogens with two attached hydrogens (primary N) is 1. The maximum Gasteiger partial charge on any atom is 0.251 e. The Hall–Kier alpha value is -3.42. The van der Waals surface area contributed by atoms with Crippen LogP contribution in [0.15, 0.2) is 63.9 Å². The molecule has 9 nitrogen and oxygen atoms in total. The summed E-state index contributed by atoms with van der Waals surface area (Å²) < 4.78 is 5.53. The Morgan fingerprint density at radius 3 is 2.30 bits per heavy atom. The first kappa shape index (κ1) is 19.9. The van der Waals surface area contributed by atoms with E-state index in [1.54, 1.807) is 48.5 Å². The predicted octanol–water partition coefficient (Wildman–Crippen LogP) is 3.87. The first-order chi connectivity index (χ1) is 13.2. The minimum Gasteiger partial charge on any atom is -0.494 e. The second-order valence-electron chi connectivity index (χ2n) is 5.44. The zero-order valence-electron chi connectivity index (χ0n) is 14.8. The molecule has 0 aliphatic carbocycles. The number of rotatable bonds is 10. The van der Waals surface area contributed by atoms with E-state index in [-0.39, 0.29) is 5.91 Å². The topological polar surface area (TPSA) is 138 Å². The maximum absolute atomic E-state index is 11.8. The van der Waals surface area contributed by atoms with Crippen molar-refractivity contribution in [2.24, 2.45) is 21.1 Å². The Kier molecular flexibility index (Phi) is 8.29. The maximum atomic E-state index is 11.8. The Morgan fingerprint density at radius 2 is 1.70 bits per heavy atom. The number of nitrogens with one attached hydrogen (secondary N) is 1. The van der Waals surface area contributed by atoms with Gasteiger partial charge in [0.25, 0.3) is 5.91 Å². The lowest BCUT2D eigenvalue weighted by Gasteiger charge is -2.04. The van der Waals surface area contributed by atoms with Crippen LogP contribution in [-0.4, -0.2) is 32.1 Å². The van der Waals surface area contributed by atoms with Crippen molar-refractivity contribution in [3.05, 3.63) is 64.5 Å². The molecule has 2 aromatic rings. The van der Waals surface area contributed by atoms with Crippen molar-refractivity contribution >= 4 is 17.3 Å². The third-order valence-electron chi connectivity index (χ3n) is 3.41. The molecule has 2 aromatic carbocycles. The van der Waals surface area contributed by atoms with Crippen molar-refractivity contribution < 1.29 is 9.53 Å². The normalized spacial score (nSPS) is 10.4. The quantitative estimate of drug-likeness (QED) is 0.285. The van der Waals surface area contributed by atoms with E-state index in [2.05, 4.69) is 25.6 Å². The average molecular weight is 367 g/mol. The largest absolute Gasteiger partial charge is 0.494 e. The third-order valence-corrected chi connectivity index (χ3v) is 3.41. The number of carbonyl (C=O) groups excluding carboxylic acids is 1. The molecule has 0 aromatic heterocycles. The van der Waals surface area contributed by atoms with E-state index in [4.69, 9.17) is 16.0 Å². The van der Waals surface area contributed by atoms with E-state index in [0.717, 1.165) is 0 Å². The van der Waals surface area contributed by atoms with E-state index in [1.807, 2.05) is 0 Å². The van der Waals surface area contributed by atoms with Gasteiger partial charge in [0.2, 0.25) is 0 Å². The van der Waals surface area contributed by atoms with E-state index in [0.29, 0.717) is 55.3 Å². The highest BCUT2D eigenvalue weighted by atomic mass is 16.5. The summed E-state index contributed by atoms with van der Waals surface area (Å²) in [7, 11) is 0. The van der Waals surface area contributed by atoms with Crippen molar-refractivity contribution in [3.8, 4) is 5.75 Å². The molecule has 0 aliphatic heterocycles.